The second-order valence-corrected chi connectivity index (χ2v) is 8.06. The lowest BCUT2D eigenvalue weighted by Crippen LogP contribution is -2.19. The van der Waals surface area contributed by atoms with Gasteiger partial charge in [-0.25, -0.2) is 18.4 Å². The summed E-state index contributed by atoms with van der Waals surface area (Å²) in [5.74, 6) is 0.370. The van der Waals surface area contributed by atoms with E-state index >= 15 is 0 Å². The molecule has 3 rings (SSSR count). The van der Waals surface area contributed by atoms with Crippen LogP contribution in [0.5, 0.6) is 5.88 Å². The van der Waals surface area contributed by atoms with Crippen LogP contribution in [-0.4, -0.2) is 30.6 Å². The molecule has 0 amide bonds. The standard InChI is InChI=1S/C19H19N5O3S2/c1-13-5-3-4-6-16(13)23-19(28)22-14-7-9-15(10-8-14)29(25,26)24-17-11-18(27-2)21-12-20-17/h3-12H,1-2H3,(H,20,21,24)(H2,22,23,28). The Morgan fingerprint density at radius 2 is 1.76 bits per heavy atom. The highest BCUT2D eigenvalue weighted by Gasteiger charge is 2.15. The van der Waals surface area contributed by atoms with E-state index in [1.165, 1.54) is 31.6 Å². The van der Waals surface area contributed by atoms with Crippen LogP contribution >= 0.6 is 12.2 Å². The average molecular weight is 430 g/mol. The minimum atomic E-state index is -3.81. The molecule has 10 heteroatoms. The van der Waals surface area contributed by atoms with E-state index in [-0.39, 0.29) is 16.6 Å². The lowest BCUT2D eigenvalue weighted by Gasteiger charge is -2.13. The molecule has 0 saturated heterocycles. The van der Waals surface area contributed by atoms with E-state index in [1.807, 2.05) is 31.2 Å². The maximum absolute atomic E-state index is 12.5. The minimum Gasteiger partial charge on any atom is -0.481 e. The van der Waals surface area contributed by atoms with Crippen molar-refractivity contribution in [3.05, 3.63) is 66.5 Å². The molecule has 3 N–H and O–H groups in total. The quantitative estimate of drug-likeness (QED) is 0.512. The number of nitrogens with one attached hydrogen (secondary N) is 3. The number of methoxy groups -OCH3 is 1. The number of rotatable bonds is 6. The van der Waals surface area contributed by atoms with Crippen LogP contribution in [0.25, 0.3) is 0 Å². The van der Waals surface area contributed by atoms with E-state index in [4.69, 9.17) is 17.0 Å². The molecule has 2 aromatic carbocycles. The van der Waals surface area contributed by atoms with Gasteiger partial charge in [0.15, 0.2) is 5.11 Å². The monoisotopic (exact) mass is 429 g/mol. The van der Waals surface area contributed by atoms with Crippen molar-refractivity contribution in [2.45, 2.75) is 11.8 Å². The molecular formula is C19H19N5O3S2. The summed E-state index contributed by atoms with van der Waals surface area (Å²) >= 11 is 5.32. The largest absolute Gasteiger partial charge is 0.481 e. The van der Waals surface area contributed by atoms with Crippen LogP contribution in [0, 0.1) is 6.92 Å². The predicted molar refractivity (Wildman–Crippen MR) is 117 cm³/mol. The van der Waals surface area contributed by atoms with Crippen molar-refractivity contribution in [3.8, 4) is 5.88 Å². The maximum Gasteiger partial charge on any atom is 0.263 e. The first-order chi connectivity index (χ1) is 13.9. The molecule has 0 unspecified atom stereocenters. The van der Waals surface area contributed by atoms with Gasteiger partial charge in [-0.2, -0.15) is 0 Å². The summed E-state index contributed by atoms with van der Waals surface area (Å²) in [6.07, 6.45) is 1.21. The second kappa shape index (κ2) is 8.84. The number of aryl methyl sites for hydroxylation is 1. The Morgan fingerprint density at radius 1 is 1.03 bits per heavy atom. The maximum atomic E-state index is 12.5. The summed E-state index contributed by atoms with van der Waals surface area (Å²) < 4.78 is 32.4. The van der Waals surface area contributed by atoms with Gasteiger partial charge in [-0.15, -0.1) is 0 Å². The van der Waals surface area contributed by atoms with E-state index in [0.717, 1.165) is 11.3 Å². The van der Waals surface area contributed by atoms with Crippen molar-refractivity contribution in [2.24, 2.45) is 0 Å². The van der Waals surface area contributed by atoms with Crippen molar-refractivity contribution in [1.29, 1.82) is 0 Å². The number of nitrogens with zero attached hydrogens (tertiary/aromatic N) is 2. The Morgan fingerprint density at radius 3 is 2.45 bits per heavy atom. The van der Waals surface area contributed by atoms with Gasteiger partial charge < -0.3 is 15.4 Å². The molecule has 0 aliphatic rings. The van der Waals surface area contributed by atoms with Crippen molar-refractivity contribution in [2.75, 3.05) is 22.5 Å². The van der Waals surface area contributed by atoms with Crippen molar-refractivity contribution < 1.29 is 13.2 Å². The van der Waals surface area contributed by atoms with Crippen molar-refractivity contribution >= 4 is 44.5 Å². The first-order valence-corrected chi connectivity index (χ1v) is 10.4. The van der Waals surface area contributed by atoms with E-state index in [2.05, 4.69) is 25.3 Å². The Kier molecular flexibility index (Phi) is 6.25. The second-order valence-electron chi connectivity index (χ2n) is 5.97. The fraction of sp³-hybridized carbons (Fsp3) is 0.105. The molecule has 1 heterocycles. The Hall–Kier alpha value is -3.24. The third-order valence-corrected chi connectivity index (χ3v) is 5.48. The van der Waals surface area contributed by atoms with E-state index in [9.17, 15) is 8.42 Å². The number of para-hydroxylation sites is 1. The Balaban J connectivity index is 1.67. The van der Waals surface area contributed by atoms with E-state index in [0.29, 0.717) is 10.8 Å². The lowest BCUT2D eigenvalue weighted by atomic mass is 10.2. The SMILES string of the molecule is COc1cc(NS(=O)(=O)c2ccc(NC(=S)Nc3ccccc3C)cc2)ncn1. The van der Waals surface area contributed by atoms with Gasteiger partial charge in [-0.05, 0) is 55.0 Å². The number of anilines is 3. The predicted octanol–water partition coefficient (Wildman–Crippen LogP) is 3.40. The third kappa shape index (κ3) is 5.39. The first-order valence-electron chi connectivity index (χ1n) is 8.50. The molecule has 0 spiro atoms. The minimum absolute atomic E-state index is 0.0819. The van der Waals surface area contributed by atoms with Crippen LogP contribution < -0.4 is 20.1 Å². The van der Waals surface area contributed by atoms with Gasteiger partial charge in [0.1, 0.15) is 12.1 Å². The zero-order valence-electron chi connectivity index (χ0n) is 15.7. The van der Waals surface area contributed by atoms with E-state index < -0.39 is 10.0 Å². The number of sulfonamides is 1. The summed E-state index contributed by atoms with van der Waals surface area (Å²) in [4.78, 5) is 7.81. The van der Waals surface area contributed by atoms with Gasteiger partial charge in [0, 0.05) is 17.4 Å². The third-order valence-electron chi connectivity index (χ3n) is 3.91. The Labute approximate surface area is 174 Å². The fourth-order valence-electron chi connectivity index (χ4n) is 2.42. The van der Waals surface area contributed by atoms with Crippen LogP contribution in [0.15, 0.2) is 65.8 Å². The van der Waals surface area contributed by atoms with Crippen LogP contribution in [0.4, 0.5) is 17.2 Å². The molecule has 0 aliphatic carbocycles. The zero-order chi connectivity index (χ0) is 20.9. The normalized spacial score (nSPS) is 10.8. The first kappa shape index (κ1) is 20.5. The van der Waals surface area contributed by atoms with Crippen LogP contribution in [0.3, 0.4) is 0 Å². The molecule has 0 radical (unpaired) electrons. The zero-order valence-corrected chi connectivity index (χ0v) is 17.3. The molecular weight excluding hydrogens is 410 g/mol. The molecule has 8 nitrogen and oxygen atoms in total. The summed E-state index contributed by atoms with van der Waals surface area (Å²) in [5, 5.41) is 6.54. The van der Waals surface area contributed by atoms with Crippen molar-refractivity contribution in [3.63, 3.8) is 0 Å². The topological polar surface area (TPSA) is 105 Å². The molecule has 0 aliphatic heterocycles. The summed E-state index contributed by atoms with van der Waals surface area (Å²) in [6, 6.07) is 15.3. The van der Waals surface area contributed by atoms with Crippen LogP contribution in [0.2, 0.25) is 0 Å². The Bertz CT molecular complexity index is 1120. The number of ether oxygens (including phenoxy) is 1. The molecule has 0 fully saturated rings. The molecule has 150 valence electrons. The molecule has 0 bridgehead atoms. The summed E-state index contributed by atoms with van der Waals surface area (Å²) in [7, 11) is -2.37. The van der Waals surface area contributed by atoms with Gasteiger partial charge in [-0.1, -0.05) is 18.2 Å². The smallest absolute Gasteiger partial charge is 0.263 e. The van der Waals surface area contributed by atoms with E-state index in [1.54, 1.807) is 12.1 Å². The van der Waals surface area contributed by atoms with Gasteiger partial charge in [-0.3, -0.25) is 4.72 Å². The van der Waals surface area contributed by atoms with Crippen LogP contribution in [-0.2, 0) is 10.0 Å². The van der Waals surface area contributed by atoms with Gasteiger partial charge in [0.2, 0.25) is 5.88 Å². The fourth-order valence-corrected chi connectivity index (χ4v) is 3.65. The molecule has 29 heavy (non-hydrogen) atoms. The summed E-state index contributed by atoms with van der Waals surface area (Å²) in [6.45, 7) is 1.98. The summed E-state index contributed by atoms with van der Waals surface area (Å²) in [5.41, 5.74) is 2.61. The number of benzene rings is 2. The molecule has 0 atom stereocenters. The van der Waals surface area contributed by atoms with Crippen LogP contribution in [0.1, 0.15) is 5.56 Å². The molecule has 1 aromatic heterocycles. The number of aromatic nitrogens is 2. The average Bonchev–Trinajstić information content (AvgIpc) is 2.70. The lowest BCUT2D eigenvalue weighted by molar-refractivity contribution is 0.397. The van der Waals surface area contributed by atoms with Gasteiger partial charge >= 0.3 is 0 Å². The highest BCUT2D eigenvalue weighted by Crippen LogP contribution is 2.19. The molecule has 0 saturated carbocycles. The number of hydrogen-bond acceptors (Lipinski definition) is 6. The van der Waals surface area contributed by atoms with Gasteiger partial charge in [0.25, 0.3) is 10.0 Å². The number of thiocarbonyl (C=S) groups is 1. The molecule has 3 aromatic rings. The van der Waals surface area contributed by atoms with Crippen molar-refractivity contribution in [1.82, 2.24) is 9.97 Å². The van der Waals surface area contributed by atoms with Gasteiger partial charge in [0.05, 0.1) is 12.0 Å². The number of hydrogen-bond donors (Lipinski definition) is 3. The highest BCUT2D eigenvalue weighted by atomic mass is 32.2. The highest BCUT2D eigenvalue weighted by molar-refractivity contribution is 7.92.